The van der Waals surface area contributed by atoms with Crippen molar-refractivity contribution in [2.24, 2.45) is 0 Å². The Hall–Kier alpha value is -3.60. The first-order valence-electron chi connectivity index (χ1n) is 9.45. The van der Waals surface area contributed by atoms with E-state index in [1.807, 2.05) is 61.5 Å². The molecule has 0 unspecified atom stereocenters. The van der Waals surface area contributed by atoms with Crippen molar-refractivity contribution in [3.63, 3.8) is 0 Å². The summed E-state index contributed by atoms with van der Waals surface area (Å²) in [4.78, 5) is 16.3. The molecule has 2 aromatic carbocycles. The number of nitrogens with zero attached hydrogens (tertiary/aromatic N) is 1. The van der Waals surface area contributed by atoms with Crippen LogP contribution in [-0.2, 0) is 11.2 Å². The fourth-order valence-corrected chi connectivity index (χ4v) is 2.86. The molecule has 5 heteroatoms. The van der Waals surface area contributed by atoms with E-state index in [1.165, 1.54) is 17.2 Å². The van der Waals surface area contributed by atoms with Crippen LogP contribution in [-0.4, -0.2) is 24.6 Å². The van der Waals surface area contributed by atoms with Gasteiger partial charge in [0.05, 0.1) is 13.7 Å². The maximum atomic E-state index is 12.2. The molecule has 0 aliphatic carbocycles. The minimum Gasteiger partial charge on any atom is -0.493 e. The average Bonchev–Trinajstić information content (AvgIpc) is 2.75. The Balaban J connectivity index is 1.59. The summed E-state index contributed by atoms with van der Waals surface area (Å²) in [5.41, 5.74) is 3.98. The zero-order chi connectivity index (χ0) is 20.5. The van der Waals surface area contributed by atoms with Crippen LogP contribution in [0.3, 0.4) is 0 Å². The lowest BCUT2D eigenvalue weighted by Gasteiger charge is -2.09. The summed E-state index contributed by atoms with van der Waals surface area (Å²) in [7, 11) is 1.59. The topological polar surface area (TPSA) is 60.5 Å². The highest BCUT2D eigenvalue weighted by Crippen LogP contribution is 2.28. The van der Waals surface area contributed by atoms with Crippen molar-refractivity contribution in [3.05, 3.63) is 89.8 Å². The third-order valence-electron chi connectivity index (χ3n) is 4.29. The zero-order valence-electron chi connectivity index (χ0n) is 16.6. The second kappa shape index (κ2) is 10.1. The van der Waals surface area contributed by atoms with Gasteiger partial charge in [-0.05, 0) is 72.5 Å². The highest BCUT2D eigenvalue weighted by molar-refractivity contribution is 6.01. The number of ether oxygens (including phenoxy) is 2. The van der Waals surface area contributed by atoms with Gasteiger partial charge in [0.25, 0.3) is 0 Å². The van der Waals surface area contributed by atoms with Crippen molar-refractivity contribution in [2.75, 3.05) is 19.0 Å². The summed E-state index contributed by atoms with van der Waals surface area (Å²) in [5.74, 6) is 1.13. The Morgan fingerprint density at radius 2 is 1.72 bits per heavy atom. The lowest BCUT2D eigenvalue weighted by atomic mass is 10.1. The Morgan fingerprint density at radius 3 is 2.41 bits per heavy atom. The number of amides is 1. The fourth-order valence-electron chi connectivity index (χ4n) is 2.86. The van der Waals surface area contributed by atoms with Gasteiger partial charge in [0, 0.05) is 24.2 Å². The number of hydrogen-bond acceptors (Lipinski definition) is 4. The molecule has 0 aliphatic rings. The van der Waals surface area contributed by atoms with E-state index in [1.54, 1.807) is 25.6 Å². The molecule has 1 amide bonds. The van der Waals surface area contributed by atoms with E-state index in [0.29, 0.717) is 18.1 Å². The standard InChI is InChI=1S/C24H24N2O3/c1-3-29-22-10-6-19(17-23(22)28-2)7-11-24(27)26-21-8-4-18(5-9-21)16-20-12-14-25-15-13-20/h4-15,17H,3,16H2,1-2H3,(H,26,27)/b11-7+. The molecular weight excluding hydrogens is 364 g/mol. The van der Waals surface area contributed by atoms with Crippen molar-refractivity contribution < 1.29 is 14.3 Å². The number of anilines is 1. The van der Waals surface area contributed by atoms with Gasteiger partial charge in [-0.25, -0.2) is 0 Å². The SMILES string of the molecule is CCOc1ccc(/C=C/C(=O)Nc2ccc(Cc3ccncc3)cc2)cc1OC. The van der Waals surface area contributed by atoms with Gasteiger partial charge in [0.2, 0.25) is 5.91 Å². The molecule has 148 valence electrons. The summed E-state index contributed by atoms with van der Waals surface area (Å²) in [6.45, 7) is 2.48. The van der Waals surface area contributed by atoms with Crippen molar-refractivity contribution in [1.82, 2.24) is 4.98 Å². The van der Waals surface area contributed by atoms with Gasteiger partial charge in [0.15, 0.2) is 11.5 Å². The number of carbonyl (C=O) groups excluding carboxylic acids is 1. The van der Waals surface area contributed by atoms with Gasteiger partial charge < -0.3 is 14.8 Å². The molecule has 0 radical (unpaired) electrons. The lowest BCUT2D eigenvalue weighted by Crippen LogP contribution is -2.07. The molecule has 0 spiro atoms. The van der Waals surface area contributed by atoms with Crippen LogP contribution >= 0.6 is 0 Å². The van der Waals surface area contributed by atoms with Crippen molar-refractivity contribution in [3.8, 4) is 11.5 Å². The summed E-state index contributed by atoms with van der Waals surface area (Å²) in [6.07, 6.45) is 7.65. The Labute approximate surface area is 171 Å². The minimum absolute atomic E-state index is 0.195. The first kappa shape index (κ1) is 20.1. The van der Waals surface area contributed by atoms with Crippen LogP contribution in [0.4, 0.5) is 5.69 Å². The lowest BCUT2D eigenvalue weighted by molar-refractivity contribution is -0.111. The summed E-state index contributed by atoms with van der Waals surface area (Å²) < 4.78 is 10.8. The van der Waals surface area contributed by atoms with E-state index >= 15 is 0 Å². The van der Waals surface area contributed by atoms with E-state index in [-0.39, 0.29) is 5.91 Å². The van der Waals surface area contributed by atoms with Crippen LogP contribution in [0.2, 0.25) is 0 Å². The summed E-state index contributed by atoms with van der Waals surface area (Å²) in [5, 5.41) is 2.87. The predicted octanol–water partition coefficient (Wildman–Crippen LogP) is 4.73. The predicted molar refractivity (Wildman–Crippen MR) is 115 cm³/mol. The third-order valence-corrected chi connectivity index (χ3v) is 4.29. The number of benzene rings is 2. The molecule has 3 rings (SSSR count). The number of aromatic nitrogens is 1. The highest BCUT2D eigenvalue weighted by Gasteiger charge is 2.04. The van der Waals surface area contributed by atoms with Crippen LogP contribution in [0.5, 0.6) is 11.5 Å². The molecule has 1 heterocycles. The van der Waals surface area contributed by atoms with Crippen LogP contribution in [0.1, 0.15) is 23.6 Å². The second-order valence-corrected chi connectivity index (χ2v) is 6.40. The van der Waals surface area contributed by atoms with Crippen LogP contribution in [0.15, 0.2) is 73.1 Å². The quantitative estimate of drug-likeness (QED) is 0.567. The van der Waals surface area contributed by atoms with Gasteiger partial charge in [-0.15, -0.1) is 0 Å². The van der Waals surface area contributed by atoms with Crippen LogP contribution in [0.25, 0.3) is 6.08 Å². The minimum atomic E-state index is -0.195. The first-order valence-corrected chi connectivity index (χ1v) is 9.45. The number of rotatable bonds is 8. The van der Waals surface area contributed by atoms with Crippen molar-refractivity contribution in [1.29, 1.82) is 0 Å². The van der Waals surface area contributed by atoms with Crippen LogP contribution < -0.4 is 14.8 Å². The molecule has 0 saturated carbocycles. The number of hydrogen-bond donors (Lipinski definition) is 1. The maximum Gasteiger partial charge on any atom is 0.248 e. The molecule has 29 heavy (non-hydrogen) atoms. The molecule has 0 aliphatic heterocycles. The number of carbonyl (C=O) groups is 1. The molecule has 0 saturated heterocycles. The molecule has 0 bridgehead atoms. The van der Waals surface area contributed by atoms with E-state index < -0.39 is 0 Å². The largest absolute Gasteiger partial charge is 0.493 e. The van der Waals surface area contributed by atoms with Crippen LogP contribution in [0, 0.1) is 0 Å². The van der Waals surface area contributed by atoms with E-state index in [4.69, 9.17) is 9.47 Å². The molecule has 0 atom stereocenters. The Kier molecular flexibility index (Phi) is 7.00. The number of nitrogens with one attached hydrogen (secondary N) is 1. The molecule has 1 aromatic heterocycles. The summed E-state index contributed by atoms with van der Waals surface area (Å²) >= 11 is 0. The van der Waals surface area contributed by atoms with Gasteiger partial charge in [-0.3, -0.25) is 9.78 Å². The van der Waals surface area contributed by atoms with Crippen molar-refractivity contribution in [2.45, 2.75) is 13.3 Å². The number of methoxy groups -OCH3 is 1. The van der Waals surface area contributed by atoms with Crippen molar-refractivity contribution >= 4 is 17.7 Å². The van der Waals surface area contributed by atoms with Gasteiger partial charge >= 0.3 is 0 Å². The highest BCUT2D eigenvalue weighted by atomic mass is 16.5. The van der Waals surface area contributed by atoms with E-state index in [9.17, 15) is 4.79 Å². The Bertz CT molecular complexity index is 967. The van der Waals surface area contributed by atoms with E-state index in [2.05, 4.69) is 10.3 Å². The van der Waals surface area contributed by atoms with Gasteiger partial charge in [-0.1, -0.05) is 18.2 Å². The average molecular weight is 388 g/mol. The third kappa shape index (κ3) is 5.94. The van der Waals surface area contributed by atoms with E-state index in [0.717, 1.165) is 17.7 Å². The normalized spacial score (nSPS) is 10.7. The molecular formula is C24H24N2O3. The number of pyridine rings is 1. The summed E-state index contributed by atoms with van der Waals surface area (Å²) in [6, 6.07) is 17.4. The second-order valence-electron chi connectivity index (χ2n) is 6.40. The monoisotopic (exact) mass is 388 g/mol. The maximum absolute atomic E-state index is 12.2. The molecule has 1 N–H and O–H groups in total. The molecule has 3 aromatic rings. The Morgan fingerprint density at radius 1 is 1.00 bits per heavy atom. The first-order chi connectivity index (χ1) is 14.2. The zero-order valence-corrected chi connectivity index (χ0v) is 16.6. The smallest absolute Gasteiger partial charge is 0.248 e. The molecule has 0 fully saturated rings. The van der Waals surface area contributed by atoms with Gasteiger partial charge in [-0.2, -0.15) is 0 Å². The molecule has 5 nitrogen and oxygen atoms in total. The van der Waals surface area contributed by atoms with Gasteiger partial charge in [0.1, 0.15) is 0 Å². The fraction of sp³-hybridized carbons (Fsp3) is 0.167.